The van der Waals surface area contributed by atoms with Gasteiger partial charge in [-0.05, 0) is 41.3 Å². The lowest BCUT2D eigenvalue weighted by molar-refractivity contribution is 0.684. The number of nitrogens with one attached hydrogen (secondary N) is 1. The maximum absolute atomic E-state index is 11.8. The molecule has 1 aromatic heterocycles. The van der Waals surface area contributed by atoms with Gasteiger partial charge in [-0.15, -0.1) is 0 Å². The summed E-state index contributed by atoms with van der Waals surface area (Å²) in [5.41, 5.74) is 5.07. The Bertz CT molecular complexity index is 1070. The third-order valence-corrected chi connectivity index (χ3v) is 5.23. The molecule has 26 heavy (non-hydrogen) atoms. The van der Waals surface area contributed by atoms with Crippen LogP contribution < -0.4 is 5.14 Å². The lowest BCUT2D eigenvalue weighted by atomic mass is 10.1. The van der Waals surface area contributed by atoms with E-state index in [9.17, 15) is 4.21 Å². The highest BCUT2D eigenvalue weighted by Crippen LogP contribution is 2.28. The van der Waals surface area contributed by atoms with E-state index >= 15 is 0 Å². The fourth-order valence-corrected chi connectivity index (χ4v) is 3.75. The standard InChI is InChI=1S/C21H19N3OS/c22-26(25)20-9-5-4-8-17(20)16-11-12-18-19(14-16)24-21(23-18)13-10-15-6-2-1-3-7-15/h1-9,11-12,14H,10,13,22H2,(H,23,24). The van der Waals surface area contributed by atoms with E-state index < -0.39 is 11.0 Å². The summed E-state index contributed by atoms with van der Waals surface area (Å²) in [7, 11) is -1.52. The van der Waals surface area contributed by atoms with Crippen LogP contribution in [0.3, 0.4) is 0 Å². The maximum Gasteiger partial charge on any atom is 0.122 e. The SMILES string of the molecule is NS(=O)c1ccccc1-c1ccc2nc(CCc3ccccc3)[nH]c2c1. The average Bonchev–Trinajstić information content (AvgIpc) is 3.09. The van der Waals surface area contributed by atoms with Crippen molar-refractivity contribution in [2.45, 2.75) is 17.7 Å². The van der Waals surface area contributed by atoms with Crippen LogP contribution in [-0.2, 0) is 23.8 Å². The minimum Gasteiger partial charge on any atom is -0.342 e. The number of hydrogen-bond donors (Lipinski definition) is 2. The Kier molecular flexibility index (Phi) is 4.65. The minimum absolute atomic E-state index is 0.635. The molecule has 0 aliphatic heterocycles. The van der Waals surface area contributed by atoms with Crippen LogP contribution in [0.1, 0.15) is 11.4 Å². The van der Waals surface area contributed by atoms with Gasteiger partial charge in [0.2, 0.25) is 0 Å². The molecule has 4 nitrogen and oxygen atoms in total. The zero-order valence-corrected chi connectivity index (χ0v) is 15.0. The molecule has 0 radical (unpaired) electrons. The number of nitrogens with two attached hydrogens (primary N) is 1. The molecule has 0 saturated carbocycles. The molecule has 3 N–H and O–H groups in total. The average molecular weight is 361 g/mol. The van der Waals surface area contributed by atoms with Crippen molar-refractivity contribution in [1.29, 1.82) is 0 Å². The molecule has 0 aliphatic rings. The lowest BCUT2D eigenvalue weighted by Gasteiger charge is -2.06. The summed E-state index contributed by atoms with van der Waals surface area (Å²) < 4.78 is 11.8. The van der Waals surface area contributed by atoms with Crippen LogP contribution >= 0.6 is 0 Å². The first kappa shape index (κ1) is 16.7. The number of aryl methyl sites for hydroxylation is 2. The number of imidazole rings is 1. The Morgan fingerprint density at radius 3 is 2.50 bits per heavy atom. The summed E-state index contributed by atoms with van der Waals surface area (Å²) in [6.07, 6.45) is 1.81. The van der Waals surface area contributed by atoms with E-state index in [0.717, 1.165) is 40.8 Å². The molecule has 0 saturated heterocycles. The van der Waals surface area contributed by atoms with E-state index in [2.05, 4.69) is 34.2 Å². The van der Waals surface area contributed by atoms with Gasteiger partial charge in [0.25, 0.3) is 0 Å². The topological polar surface area (TPSA) is 71.8 Å². The molecule has 0 spiro atoms. The lowest BCUT2D eigenvalue weighted by Crippen LogP contribution is -2.04. The summed E-state index contributed by atoms with van der Waals surface area (Å²) in [6, 6.07) is 23.9. The Morgan fingerprint density at radius 2 is 1.69 bits per heavy atom. The number of hydrogen-bond acceptors (Lipinski definition) is 2. The van der Waals surface area contributed by atoms with Crippen molar-refractivity contribution in [3.63, 3.8) is 0 Å². The maximum atomic E-state index is 11.8. The third kappa shape index (κ3) is 3.45. The fourth-order valence-electron chi connectivity index (χ4n) is 3.14. The van der Waals surface area contributed by atoms with E-state index in [1.54, 1.807) is 6.07 Å². The largest absolute Gasteiger partial charge is 0.342 e. The smallest absolute Gasteiger partial charge is 0.122 e. The molecule has 4 aromatic rings. The summed E-state index contributed by atoms with van der Waals surface area (Å²) in [6.45, 7) is 0. The Balaban J connectivity index is 1.63. The second-order valence-corrected chi connectivity index (χ2v) is 7.23. The van der Waals surface area contributed by atoms with Crippen LogP contribution in [0.25, 0.3) is 22.2 Å². The van der Waals surface area contributed by atoms with Crippen LogP contribution in [0.2, 0.25) is 0 Å². The van der Waals surface area contributed by atoms with Crippen LogP contribution in [-0.4, -0.2) is 14.2 Å². The van der Waals surface area contributed by atoms with Gasteiger partial charge in [-0.25, -0.2) is 14.3 Å². The van der Waals surface area contributed by atoms with Gasteiger partial charge in [-0.3, -0.25) is 0 Å². The van der Waals surface area contributed by atoms with Gasteiger partial charge in [0.05, 0.1) is 15.9 Å². The highest BCUT2D eigenvalue weighted by atomic mass is 32.2. The molecule has 0 amide bonds. The number of benzene rings is 3. The van der Waals surface area contributed by atoms with Gasteiger partial charge >= 0.3 is 0 Å². The van der Waals surface area contributed by atoms with Gasteiger partial charge in [-0.2, -0.15) is 0 Å². The van der Waals surface area contributed by atoms with Crippen LogP contribution in [0.15, 0.2) is 77.7 Å². The zero-order valence-electron chi connectivity index (χ0n) is 14.2. The Morgan fingerprint density at radius 1 is 0.923 bits per heavy atom. The number of aromatic nitrogens is 2. The molecule has 1 atom stereocenters. The zero-order chi connectivity index (χ0) is 17.9. The highest BCUT2D eigenvalue weighted by Gasteiger charge is 2.10. The van der Waals surface area contributed by atoms with Crippen molar-refractivity contribution < 1.29 is 4.21 Å². The van der Waals surface area contributed by atoms with Crippen LogP contribution in [0.4, 0.5) is 0 Å². The normalized spacial score (nSPS) is 12.3. The number of nitrogens with zero attached hydrogens (tertiary/aromatic N) is 1. The van der Waals surface area contributed by atoms with Crippen molar-refractivity contribution >= 4 is 22.0 Å². The van der Waals surface area contributed by atoms with Gasteiger partial charge in [0.1, 0.15) is 16.8 Å². The third-order valence-electron chi connectivity index (χ3n) is 4.44. The summed E-state index contributed by atoms with van der Waals surface area (Å²) in [5, 5.41) is 5.62. The second-order valence-electron chi connectivity index (χ2n) is 6.19. The van der Waals surface area contributed by atoms with Crippen molar-refractivity contribution in [3.8, 4) is 11.1 Å². The summed E-state index contributed by atoms with van der Waals surface area (Å²) in [4.78, 5) is 8.72. The predicted octanol–water partition coefficient (Wildman–Crippen LogP) is 4.00. The van der Waals surface area contributed by atoms with E-state index in [-0.39, 0.29) is 0 Å². The summed E-state index contributed by atoms with van der Waals surface area (Å²) in [5.74, 6) is 0.969. The van der Waals surface area contributed by atoms with Crippen LogP contribution in [0, 0.1) is 0 Å². The molecule has 130 valence electrons. The molecule has 1 unspecified atom stereocenters. The molecular formula is C21H19N3OS. The van der Waals surface area contributed by atoms with Gasteiger partial charge in [0, 0.05) is 6.42 Å². The van der Waals surface area contributed by atoms with E-state index in [1.165, 1.54) is 5.56 Å². The number of rotatable bonds is 5. The number of H-pyrrole nitrogens is 1. The van der Waals surface area contributed by atoms with Crippen molar-refractivity contribution in [1.82, 2.24) is 9.97 Å². The predicted molar refractivity (Wildman–Crippen MR) is 106 cm³/mol. The minimum atomic E-state index is -1.52. The van der Waals surface area contributed by atoms with E-state index in [1.807, 2.05) is 42.5 Å². The van der Waals surface area contributed by atoms with Crippen molar-refractivity contribution in [3.05, 3.63) is 84.2 Å². The highest BCUT2D eigenvalue weighted by molar-refractivity contribution is 7.82. The quantitative estimate of drug-likeness (QED) is 0.564. The fraction of sp³-hybridized carbons (Fsp3) is 0.0952. The van der Waals surface area contributed by atoms with Crippen molar-refractivity contribution in [2.75, 3.05) is 0 Å². The molecule has 0 aliphatic carbocycles. The first-order valence-corrected chi connectivity index (χ1v) is 9.70. The molecule has 5 heteroatoms. The molecule has 0 fully saturated rings. The number of aromatic amines is 1. The second kappa shape index (κ2) is 7.23. The molecule has 4 rings (SSSR count). The first-order valence-electron chi connectivity index (χ1n) is 8.49. The van der Waals surface area contributed by atoms with Gasteiger partial charge < -0.3 is 4.98 Å². The molecular weight excluding hydrogens is 342 g/mol. The van der Waals surface area contributed by atoms with Gasteiger partial charge in [0.15, 0.2) is 0 Å². The summed E-state index contributed by atoms with van der Waals surface area (Å²) >= 11 is 0. The molecule has 0 bridgehead atoms. The molecule has 1 heterocycles. The van der Waals surface area contributed by atoms with Gasteiger partial charge in [-0.1, -0.05) is 54.6 Å². The van der Waals surface area contributed by atoms with E-state index in [4.69, 9.17) is 5.14 Å². The van der Waals surface area contributed by atoms with Crippen molar-refractivity contribution in [2.24, 2.45) is 5.14 Å². The Labute approximate surface area is 154 Å². The monoisotopic (exact) mass is 361 g/mol. The Hall–Kier alpha value is -2.76. The molecule has 3 aromatic carbocycles. The first-order chi connectivity index (χ1) is 12.7. The number of fused-ring (bicyclic) bond motifs is 1. The van der Waals surface area contributed by atoms with E-state index in [0.29, 0.717) is 4.90 Å². The van der Waals surface area contributed by atoms with Crippen LogP contribution in [0.5, 0.6) is 0 Å².